The molecule has 29 heavy (non-hydrogen) atoms. The number of nitrogens with one attached hydrogen (secondary N) is 1. The third-order valence-electron chi connectivity index (χ3n) is 5.59. The number of carbonyl (C=O) groups excluding carboxylic acids is 2. The number of hydrogen-bond acceptors (Lipinski definition) is 5. The smallest absolute Gasteiger partial charge is 0.329 e. The number of aromatic nitrogens is 1. The highest BCUT2D eigenvalue weighted by Crippen LogP contribution is 2.43. The van der Waals surface area contributed by atoms with Gasteiger partial charge in [-0.05, 0) is 68.1 Å². The van der Waals surface area contributed by atoms with Gasteiger partial charge in [-0.2, -0.15) is 0 Å². The van der Waals surface area contributed by atoms with E-state index in [2.05, 4.69) is 22.0 Å². The fourth-order valence-electron chi connectivity index (χ4n) is 3.52. The van der Waals surface area contributed by atoms with E-state index in [9.17, 15) is 9.59 Å². The Kier molecular flexibility index (Phi) is 4.82. The average molecular weight is 392 g/mol. The predicted molar refractivity (Wildman–Crippen MR) is 111 cm³/mol. The maximum absolute atomic E-state index is 12.6. The minimum absolute atomic E-state index is 0.277. The number of nitrogens with zero attached hydrogens (tertiary/aromatic N) is 3. The van der Waals surface area contributed by atoms with Gasteiger partial charge in [-0.1, -0.05) is 13.0 Å². The van der Waals surface area contributed by atoms with Gasteiger partial charge in [-0.15, -0.1) is 0 Å². The van der Waals surface area contributed by atoms with E-state index in [1.165, 1.54) is 30.2 Å². The summed E-state index contributed by atoms with van der Waals surface area (Å²) in [5.74, 6) is 1.39. The van der Waals surface area contributed by atoms with Crippen LogP contribution in [0.1, 0.15) is 50.2 Å². The van der Waals surface area contributed by atoms with Crippen LogP contribution in [0.3, 0.4) is 0 Å². The number of aliphatic imine (C=N–C) groups is 1. The zero-order chi connectivity index (χ0) is 20.6. The van der Waals surface area contributed by atoms with Crippen molar-refractivity contribution in [3.63, 3.8) is 0 Å². The lowest BCUT2D eigenvalue weighted by Gasteiger charge is -2.19. The van der Waals surface area contributed by atoms with E-state index in [-0.39, 0.29) is 5.91 Å². The zero-order valence-corrected chi connectivity index (χ0v) is 16.6. The summed E-state index contributed by atoms with van der Waals surface area (Å²) in [5.41, 5.74) is 1.97. The summed E-state index contributed by atoms with van der Waals surface area (Å²) in [4.78, 5) is 34.3. The van der Waals surface area contributed by atoms with Crippen molar-refractivity contribution in [1.29, 1.82) is 0 Å². The number of amides is 3. The number of benzene rings is 1. The number of rotatable bonds is 7. The lowest BCUT2D eigenvalue weighted by Crippen LogP contribution is -2.43. The second-order valence-electron chi connectivity index (χ2n) is 7.73. The van der Waals surface area contributed by atoms with Gasteiger partial charge in [0.1, 0.15) is 11.3 Å². The quantitative estimate of drug-likeness (QED) is 0.566. The molecule has 7 heteroatoms. The number of imide groups is 1. The minimum atomic E-state index is -0.881. The molecule has 2 aliphatic rings. The molecule has 1 aromatic heterocycles. The molecule has 4 rings (SSSR count). The molecule has 0 spiro atoms. The summed E-state index contributed by atoms with van der Waals surface area (Å²) in [6, 6.07) is 8.84. The van der Waals surface area contributed by atoms with Crippen molar-refractivity contribution >= 4 is 24.3 Å². The lowest BCUT2D eigenvalue weighted by molar-refractivity contribution is -0.121. The number of pyridine rings is 1. The first kappa shape index (κ1) is 19.1. The number of urea groups is 1. The molecule has 2 fully saturated rings. The third kappa shape index (κ3) is 3.60. The summed E-state index contributed by atoms with van der Waals surface area (Å²) < 4.78 is 5.90. The van der Waals surface area contributed by atoms with Crippen LogP contribution in [0.4, 0.5) is 10.5 Å². The third-order valence-corrected chi connectivity index (χ3v) is 5.59. The van der Waals surface area contributed by atoms with Gasteiger partial charge in [0.05, 0.1) is 18.4 Å². The standard InChI is InChI=1S/C22H24N4O3/c1-4-22(2)20(27)26(21(28)25-22)16-8-10-19(24-13-16)29-17-9-7-15(12-23-3)18(11-17)14-5-6-14/h7-11,13-14H,3-6,12H2,1-2H3,(H,25,28)/t22-/m1/s1. The Bertz CT molecular complexity index is 969. The van der Waals surface area contributed by atoms with E-state index in [0.29, 0.717) is 36.2 Å². The van der Waals surface area contributed by atoms with Crippen LogP contribution in [-0.4, -0.2) is 29.2 Å². The lowest BCUT2D eigenvalue weighted by atomic mass is 9.99. The van der Waals surface area contributed by atoms with Crippen LogP contribution in [0.2, 0.25) is 0 Å². The van der Waals surface area contributed by atoms with E-state index in [1.54, 1.807) is 19.1 Å². The molecule has 2 heterocycles. The van der Waals surface area contributed by atoms with Crippen LogP contribution >= 0.6 is 0 Å². The highest BCUT2D eigenvalue weighted by molar-refractivity contribution is 6.23. The molecule has 3 amide bonds. The molecular weight excluding hydrogens is 368 g/mol. The topological polar surface area (TPSA) is 83.9 Å². The van der Waals surface area contributed by atoms with E-state index in [1.807, 2.05) is 25.1 Å². The van der Waals surface area contributed by atoms with Crippen molar-refractivity contribution < 1.29 is 14.3 Å². The molecule has 1 N–H and O–H groups in total. The van der Waals surface area contributed by atoms with Crippen LogP contribution in [0.25, 0.3) is 0 Å². The minimum Gasteiger partial charge on any atom is -0.439 e. The summed E-state index contributed by atoms with van der Waals surface area (Å²) in [6.07, 6.45) is 4.36. The molecule has 150 valence electrons. The van der Waals surface area contributed by atoms with Crippen LogP contribution in [0.15, 0.2) is 41.5 Å². The van der Waals surface area contributed by atoms with Gasteiger partial charge in [-0.3, -0.25) is 9.79 Å². The van der Waals surface area contributed by atoms with E-state index in [0.717, 1.165) is 4.90 Å². The molecule has 1 saturated heterocycles. The Morgan fingerprint density at radius 1 is 1.31 bits per heavy atom. The van der Waals surface area contributed by atoms with E-state index < -0.39 is 11.6 Å². The van der Waals surface area contributed by atoms with Gasteiger partial charge >= 0.3 is 6.03 Å². The molecule has 1 aliphatic carbocycles. The molecule has 2 aromatic rings. The largest absolute Gasteiger partial charge is 0.439 e. The van der Waals surface area contributed by atoms with E-state index in [4.69, 9.17) is 4.74 Å². The molecule has 0 radical (unpaired) electrons. The molecular formula is C22H24N4O3. The molecule has 1 aliphatic heterocycles. The van der Waals surface area contributed by atoms with Crippen molar-refractivity contribution in [3.05, 3.63) is 47.7 Å². The maximum atomic E-state index is 12.6. The molecule has 7 nitrogen and oxygen atoms in total. The highest BCUT2D eigenvalue weighted by atomic mass is 16.5. The highest BCUT2D eigenvalue weighted by Gasteiger charge is 2.47. The van der Waals surface area contributed by atoms with Crippen molar-refractivity contribution in [2.24, 2.45) is 4.99 Å². The fourth-order valence-corrected chi connectivity index (χ4v) is 3.52. The van der Waals surface area contributed by atoms with Crippen LogP contribution in [-0.2, 0) is 11.3 Å². The number of anilines is 1. The number of hydrogen-bond donors (Lipinski definition) is 1. The van der Waals surface area contributed by atoms with Gasteiger partial charge in [0, 0.05) is 6.07 Å². The molecule has 0 bridgehead atoms. The number of ether oxygens (including phenoxy) is 1. The molecule has 1 saturated carbocycles. The van der Waals surface area contributed by atoms with Crippen molar-refractivity contribution in [2.45, 2.75) is 51.1 Å². The van der Waals surface area contributed by atoms with Crippen LogP contribution in [0, 0.1) is 0 Å². The van der Waals surface area contributed by atoms with Crippen molar-refractivity contribution in [2.75, 3.05) is 4.90 Å². The van der Waals surface area contributed by atoms with E-state index >= 15 is 0 Å². The average Bonchev–Trinajstić information content (AvgIpc) is 3.52. The maximum Gasteiger partial charge on any atom is 0.329 e. The first-order valence-corrected chi connectivity index (χ1v) is 9.81. The Labute approximate surface area is 169 Å². The van der Waals surface area contributed by atoms with Gasteiger partial charge in [0.2, 0.25) is 5.88 Å². The Morgan fingerprint density at radius 2 is 2.10 bits per heavy atom. The first-order chi connectivity index (χ1) is 13.9. The summed E-state index contributed by atoms with van der Waals surface area (Å²) in [6.45, 7) is 7.77. The second-order valence-corrected chi connectivity index (χ2v) is 7.73. The van der Waals surface area contributed by atoms with Crippen LogP contribution in [0.5, 0.6) is 11.6 Å². The number of carbonyl (C=O) groups is 2. The first-order valence-electron chi connectivity index (χ1n) is 9.81. The SMILES string of the molecule is C=NCc1ccc(Oc2ccc(N3C(=O)N[C@](C)(CC)C3=O)cn2)cc1C1CC1. The second kappa shape index (κ2) is 7.31. The predicted octanol–water partition coefficient (Wildman–Crippen LogP) is 4.18. The monoisotopic (exact) mass is 392 g/mol. The molecule has 0 unspecified atom stereocenters. The van der Waals surface area contributed by atoms with Crippen LogP contribution < -0.4 is 15.0 Å². The summed E-state index contributed by atoms with van der Waals surface area (Å²) in [7, 11) is 0. The van der Waals surface area contributed by atoms with Gasteiger partial charge in [0.25, 0.3) is 5.91 Å². The van der Waals surface area contributed by atoms with Crippen molar-refractivity contribution in [3.8, 4) is 11.6 Å². The normalized spacial score (nSPS) is 21.2. The fraction of sp³-hybridized carbons (Fsp3) is 0.364. The Morgan fingerprint density at radius 3 is 2.69 bits per heavy atom. The zero-order valence-electron chi connectivity index (χ0n) is 16.6. The summed E-state index contributed by atoms with van der Waals surface area (Å²) in [5, 5.41) is 2.74. The van der Waals surface area contributed by atoms with Crippen molar-refractivity contribution in [1.82, 2.24) is 10.3 Å². The van der Waals surface area contributed by atoms with Gasteiger partial charge in [0.15, 0.2) is 0 Å². The Hall–Kier alpha value is -3.22. The molecule has 1 aromatic carbocycles. The van der Waals surface area contributed by atoms with Gasteiger partial charge < -0.3 is 10.1 Å². The van der Waals surface area contributed by atoms with Gasteiger partial charge in [-0.25, -0.2) is 14.7 Å². The molecule has 1 atom stereocenters. The Balaban J connectivity index is 1.52. The summed E-state index contributed by atoms with van der Waals surface area (Å²) >= 11 is 0.